The lowest BCUT2D eigenvalue weighted by Crippen LogP contribution is -2.46. The summed E-state index contributed by atoms with van der Waals surface area (Å²) in [6.45, 7) is 8.19. The number of rotatable bonds is 5. The van der Waals surface area contributed by atoms with Crippen LogP contribution in [-0.2, 0) is 6.54 Å². The predicted molar refractivity (Wildman–Crippen MR) is 133 cm³/mol. The number of carbonyl (C=O) groups is 1. The molecule has 1 N–H and O–H groups in total. The fourth-order valence-corrected chi connectivity index (χ4v) is 4.48. The van der Waals surface area contributed by atoms with Crippen molar-refractivity contribution in [1.29, 1.82) is 0 Å². The molecule has 2 aromatic carbocycles. The third-order valence-electron chi connectivity index (χ3n) is 6.54. The number of allylic oxidation sites excluding steroid dienone is 1. The van der Waals surface area contributed by atoms with Gasteiger partial charge in [-0.2, -0.15) is 0 Å². The van der Waals surface area contributed by atoms with Crippen molar-refractivity contribution >= 4 is 17.7 Å². The lowest BCUT2D eigenvalue weighted by atomic mass is 10.0. The SMILES string of the molecule is CC(C)c1ccc(/C=C2/Oc3c(ccc(O)c3CN3CCN(c4ccccn4)CC3)C2=O)cc1. The summed E-state index contributed by atoms with van der Waals surface area (Å²) >= 11 is 0. The van der Waals surface area contributed by atoms with Gasteiger partial charge in [0.2, 0.25) is 5.78 Å². The van der Waals surface area contributed by atoms with Crippen LogP contribution in [0.5, 0.6) is 11.5 Å². The first kappa shape index (κ1) is 22.2. The number of anilines is 1. The van der Waals surface area contributed by atoms with Crippen LogP contribution < -0.4 is 9.64 Å². The van der Waals surface area contributed by atoms with Crippen LogP contribution in [0, 0.1) is 0 Å². The van der Waals surface area contributed by atoms with Gasteiger partial charge in [-0.1, -0.05) is 44.2 Å². The molecule has 0 atom stereocenters. The summed E-state index contributed by atoms with van der Waals surface area (Å²) in [5, 5.41) is 10.6. The first-order valence-electron chi connectivity index (χ1n) is 11.8. The number of ether oxygens (including phenoxy) is 1. The largest absolute Gasteiger partial charge is 0.507 e. The van der Waals surface area contributed by atoms with Crippen molar-refractivity contribution in [3.05, 3.63) is 88.8 Å². The molecule has 34 heavy (non-hydrogen) atoms. The number of ketones is 1. The number of fused-ring (bicyclic) bond motifs is 1. The fourth-order valence-electron chi connectivity index (χ4n) is 4.48. The van der Waals surface area contributed by atoms with Gasteiger partial charge in [-0.25, -0.2) is 4.98 Å². The predicted octanol–water partition coefficient (Wildman–Crippen LogP) is 4.85. The van der Waals surface area contributed by atoms with Gasteiger partial charge in [-0.15, -0.1) is 0 Å². The van der Waals surface area contributed by atoms with Gasteiger partial charge in [0.05, 0.1) is 11.1 Å². The zero-order valence-electron chi connectivity index (χ0n) is 19.6. The molecule has 0 radical (unpaired) electrons. The molecule has 6 heteroatoms. The molecule has 0 saturated carbocycles. The number of aromatic hydroxyl groups is 1. The van der Waals surface area contributed by atoms with Crippen LogP contribution in [-0.4, -0.2) is 47.0 Å². The molecule has 1 aromatic heterocycles. The van der Waals surface area contributed by atoms with E-state index in [0.29, 0.717) is 35.1 Å². The zero-order valence-corrected chi connectivity index (χ0v) is 19.6. The molecular formula is C28H29N3O3. The summed E-state index contributed by atoms with van der Waals surface area (Å²) in [4.78, 5) is 22.0. The molecule has 3 heterocycles. The number of carbonyl (C=O) groups excluding carboxylic acids is 1. The Bertz CT molecular complexity index is 1210. The Balaban J connectivity index is 1.32. The number of phenols is 1. The normalized spacial score (nSPS) is 17.3. The fraction of sp³-hybridized carbons (Fsp3) is 0.286. The molecule has 174 valence electrons. The van der Waals surface area contributed by atoms with Gasteiger partial charge >= 0.3 is 0 Å². The van der Waals surface area contributed by atoms with Gasteiger partial charge in [-0.3, -0.25) is 9.69 Å². The number of pyridine rings is 1. The lowest BCUT2D eigenvalue weighted by Gasteiger charge is -2.35. The minimum Gasteiger partial charge on any atom is -0.507 e. The quantitative estimate of drug-likeness (QED) is 0.555. The highest BCUT2D eigenvalue weighted by atomic mass is 16.5. The Labute approximate surface area is 200 Å². The van der Waals surface area contributed by atoms with E-state index in [9.17, 15) is 9.90 Å². The Hall–Kier alpha value is -3.64. The van der Waals surface area contributed by atoms with Crippen LogP contribution in [0.2, 0.25) is 0 Å². The second-order valence-electron chi connectivity index (χ2n) is 9.15. The van der Waals surface area contributed by atoms with Gasteiger partial charge in [-0.05, 0) is 47.4 Å². The van der Waals surface area contributed by atoms with Crippen molar-refractivity contribution in [2.45, 2.75) is 26.3 Å². The van der Waals surface area contributed by atoms with Crippen LogP contribution in [0.4, 0.5) is 5.82 Å². The molecule has 2 aliphatic heterocycles. The number of aromatic nitrogens is 1. The van der Waals surface area contributed by atoms with E-state index in [1.165, 1.54) is 5.56 Å². The number of piperazine rings is 1. The topological polar surface area (TPSA) is 65.9 Å². The highest BCUT2D eigenvalue weighted by molar-refractivity contribution is 6.15. The molecule has 2 aliphatic rings. The highest BCUT2D eigenvalue weighted by Crippen LogP contribution is 2.40. The van der Waals surface area contributed by atoms with E-state index in [0.717, 1.165) is 37.6 Å². The van der Waals surface area contributed by atoms with Crippen LogP contribution in [0.15, 0.2) is 66.6 Å². The van der Waals surface area contributed by atoms with E-state index in [1.807, 2.05) is 36.5 Å². The van der Waals surface area contributed by atoms with Crippen molar-refractivity contribution < 1.29 is 14.6 Å². The summed E-state index contributed by atoms with van der Waals surface area (Å²) in [7, 11) is 0. The van der Waals surface area contributed by atoms with Crippen molar-refractivity contribution in [2.24, 2.45) is 0 Å². The van der Waals surface area contributed by atoms with E-state index in [-0.39, 0.29) is 11.5 Å². The maximum atomic E-state index is 13.0. The van der Waals surface area contributed by atoms with E-state index < -0.39 is 0 Å². The third kappa shape index (κ3) is 4.41. The average Bonchev–Trinajstić information content (AvgIpc) is 3.17. The Morgan fingerprint density at radius 1 is 1.03 bits per heavy atom. The maximum absolute atomic E-state index is 13.0. The monoisotopic (exact) mass is 455 g/mol. The Morgan fingerprint density at radius 3 is 2.47 bits per heavy atom. The summed E-state index contributed by atoms with van der Waals surface area (Å²) < 4.78 is 6.05. The van der Waals surface area contributed by atoms with Crippen molar-refractivity contribution in [3.63, 3.8) is 0 Å². The minimum absolute atomic E-state index is 0.149. The van der Waals surface area contributed by atoms with E-state index in [1.54, 1.807) is 18.2 Å². The van der Waals surface area contributed by atoms with Gasteiger partial charge < -0.3 is 14.7 Å². The number of nitrogens with zero attached hydrogens (tertiary/aromatic N) is 3. The average molecular weight is 456 g/mol. The minimum atomic E-state index is -0.149. The van der Waals surface area contributed by atoms with Gasteiger partial charge in [0.1, 0.15) is 17.3 Å². The summed E-state index contributed by atoms with van der Waals surface area (Å²) in [6.07, 6.45) is 3.59. The third-order valence-corrected chi connectivity index (χ3v) is 6.54. The molecule has 6 nitrogen and oxygen atoms in total. The number of hydrogen-bond donors (Lipinski definition) is 1. The van der Waals surface area contributed by atoms with Crippen molar-refractivity contribution in [2.75, 3.05) is 31.1 Å². The maximum Gasteiger partial charge on any atom is 0.231 e. The molecule has 5 rings (SSSR count). The summed E-state index contributed by atoms with van der Waals surface area (Å²) in [5.74, 6) is 2.20. The Morgan fingerprint density at radius 2 is 1.79 bits per heavy atom. The molecule has 1 fully saturated rings. The van der Waals surface area contributed by atoms with E-state index in [4.69, 9.17) is 4.74 Å². The van der Waals surface area contributed by atoms with E-state index >= 15 is 0 Å². The molecule has 3 aromatic rings. The number of benzene rings is 2. The van der Waals surface area contributed by atoms with Gasteiger partial charge in [0.15, 0.2) is 5.76 Å². The zero-order chi connectivity index (χ0) is 23.7. The van der Waals surface area contributed by atoms with Crippen LogP contribution >= 0.6 is 0 Å². The van der Waals surface area contributed by atoms with Crippen molar-refractivity contribution in [3.8, 4) is 11.5 Å². The number of phenolic OH excluding ortho intramolecular Hbond substituents is 1. The van der Waals surface area contributed by atoms with Crippen LogP contribution in [0.3, 0.4) is 0 Å². The van der Waals surface area contributed by atoms with Gasteiger partial charge in [0.25, 0.3) is 0 Å². The molecule has 0 spiro atoms. The molecule has 0 aliphatic carbocycles. The van der Waals surface area contributed by atoms with E-state index in [2.05, 4.69) is 40.8 Å². The summed E-state index contributed by atoms with van der Waals surface area (Å²) in [6, 6.07) is 17.3. The first-order chi connectivity index (χ1) is 16.5. The number of hydrogen-bond acceptors (Lipinski definition) is 6. The standard InChI is InChI=1S/C28H29N3O3/c1-19(2)21-8-6-20(7-9-21)17-25-27(33)22-10-11-24(32)23(28(22)34-25)18-30-13-15-31(16-14-30)26-5-3-4-12-29-26/h3-12,17,19,32H,13-16,18H2,1-2H3/b25-17+. The van der Waals surface area contributed by atoms with Crippen LogP contribution in [0.25, 0.3) is 6.08 Å². The van der Waals surface area contributed by atoms with Crippen LogP contribution in [0.1, 0.15) is 46.8 Å². The lowest BCUT2D eigenvalue weighted by molar-refractivity contribution is 0.101. The van der Waals surface area contributed by atoms with Gasteiger partial charge in [0, 0.05) is 38.9 Å². The molecule has 0 amide bonds. The molecule has 1 saturated heterocycles. The molecular weight excluding hydrogens is 426 g/mol. The second-order valence-corrected chi connectivity index (χ2v) is 9.15. The van der Waals surface area contributed by atoms with Crippen molar-refractivity contribution in [1.82, 2.24) is 9.88 Å². The Kier molecular flexibility index (Phi) is 6.07. The highest BCUT2D eigenvalue weighted by Gasteiger charge is 2.32. The molecule has 0 unspecified atom stereocenters. The smallest absolute Gasteiger partial charge is 0.231 e. The summed E-state index contributed by atoms with van der Waals surface area (Å²) in [5.41, 5.74) is 3.33. The molecule has 0 bridgehead atoms. The number of Topliss-reactive ketones (excluding diaryl/α,β-unsaturated/α-hetero) is 1. The first-order valence-corrected chi connectivity index (χ1v) is 11.8. The second kappa shape index (κ2) is 9.31.